The molecule has 1 aliphatic carbocycles. The average molecular weight is 293 g/mol. The highest BCUT2D eigenvalue weighted by Gasteiger charge is 2.46. The number of nitrogens with zero attached hydrogens (tertiary/aromatic N) is 2. The van der Waals surface area contributed by atoms with E-state index in [1.807, 2.05) is 0 Å². The number of benzene rings is 1. The van der Waals surface area contributed by atoms with Crippen LogP contribution in [0, 0.1) is 15.9 Å². The second-order valence-electron chi connectivity index (χ2n) is 5.16. The molecule has 110 valence electrons. The molecule has 1 aromatic carbocycles. The Balaban J connectivity index is 1.80. The SMILES string of the molecule is O=C1CC(Nc2cc([N+](=O)[O-])ccc2F)C(=O)N1C1CC1. The number of rotatable bonds is 4. The van der Waals surface area contributed by atoms with Crippen LogP contribution in [0.25, 0.3) is 0 Å². The Morgan fingerprint density at radius 2 is 2.05 bits per heavy atom. The molecule has 1 saturated carbocycles. The zero-order chi connectivity index (χ0) is 15.1. The smallest absolute Gasteiger partial charge is 0.271 e. The fourth-order valence-corrected chi connectivity index (χ4v) is 2.41. The third-order valence-corrected chi connectivity index (χ3v) is 3.59. The van der Waals surface area contributed by atoms with Crippen molar-refractivity contribution in [3.8, 4) is 0 Å². The van der Waals surface area contributed by atoms with Gasteiger partial charge in [-0.25, -0.2) is 4.39 Å². The summed E-state index contributed by atoms with van der Waals surface area (Å²) < 4.78 is 13.7. The second-order valence-corrected chi connectivity index (χ2v) is 5.16. The van der Waals surface area contributed by atoms with E-state index >= 15 is 0 Å². The molecule has 0 aromatic heterocycles. The van der Waals surface area contributed by atoms with Crippen molar-refractivity contribution in [2.75, 3.05) is 5.32 Å². The van der Waals surface area contributed by atoms with Crippen LogP contribution in [0.5, 0.6) is 0 Å². The van der Waals surface area contributed by atoms with Crippen molar-refractivity contribution in [1.82, 2.24) is 4.90 Å². The number of halogens is 1. The Bertz CT molecular complexity index is 644. The van der Waals surface area contributed by atoms with Crippen LogP contribution >= 0.6 is 0 Å². The number of likely N-dealkylation sites (tertiary alicyclic amines) is 1. The predicted octanol–water partition coefficient (Wildman–Crippen LogP) is 1.44. The zero-order valence-electron chi connectivity index (χ0n) is 10.9. The molecule has 1 atom stereocenters. The normalized spacial score (nSPS) is 21.8. The highest BCUT2D eigenvalue weighted by atomic mass is 19.1. The molecule has 2 aliphatic rings. The first-order chi connectivity index (χ1) is 9.97. The molecule has 2 amide bonds. The van der Waals surface area contributed by atoms with Gasteiger partial charge >= 0.3 is 0 Å². The molecule has 0 bridgehead atoms. The summed E-state index contributed by atoms with van der Waals surface area (Å²) in [5, 5.41) is 13.3. The minimum absolute atomic E-state index is 0.0354. The first-order valence-corrected chi connectivity index (χ1v) is 6.54. The summed E-state index contributed by atoms with van der Waals surface area (Å²) in [7, 11) is 0. The summed E-state index contributed by atoms with van der Waals surface area (Å²) in [4.78, 5) is 35.2. The van der Waals surface area contributed by atoms with Gasteiger partial charge in [-0.15, -0.1) is 0 Å². The summed E-state index contributed by atoms with van der Waals surface area (Å²) in [5.74, 6) is -1.38. The largest absolute Gasteiger partial charge is 0.371 e. The molecule has 0 spiro atoms. The fourth-order valence-electron chi connectivity index (χ4n) is 2.41. The van der Waals surface area contributed by atoms with E-state index in [9.17, 15) is 24.1 Å². The molecule has 8 heteroatoms. The van der Waals surface area contributed by atoms with E-state index in [-0.39, 0.29) is 29.7 Å². The summed E-state index contributed by atoms with van der Waals surface area (Å²) in [6.07, 6.45) is 1.54. The number of carbonyl (C=O) groups is 2. The van der Waals surface area contributed by atoms with E-state index < -0.39 is 22.7 Å². The molecule has 1 aromatic rings. The molecule has 0 radical (unpaired) electrons. The third-order valence-electron chi connectivity index (χ3n) is 3.59. The van der Waals surface area contributed by atoms with Crippen LogP contribution in [0.3, 0.4) is 0 Å². The minimum atomic E-state index is -0.866. The Kier molecular flexibility index (Phi) is 3.08. The van der Waals surface area contributed by atoms with Crippen molar-refractivity contribution < 1.29 is 18.9 Å². The number of imide groups is 1. The lowest BCUT2D eigenvalue weighted by Gasteiger charge is -2.15. The van der Waals surface area contributed by atoms with Gasteiger partial charge in [0.1, 0.15) is 11.9 Å². The van der Waals surface area contributed by atoms with Gasteiger partial charge in [-0.1, -0.05) is 0 Å². The van der Waals surface area contributed by atoms with Crippen LogP contribution in [-0.4, -0.2) is 33.7 Å². The summed E-state index contributed by atoms with van der Waals surface area (Å²) >= 11 is 0. The molecule has 2 fully saturated rings. The van der Waals surface area contributed by atoms with Crippen LogP contribution in [0.2, 0.25) is 0 Å². The molecule has 7 nitrogen and oxygen atoms in total. The minimum Gasteiger partial charge on any atom is -0.371 e. The van der Waals surface area contributed by atoms with E-state index in [2.05, 4.69) is 5.32 Å². The van der Waals surface area contributed by atoms with Crippen LogP contribution in [0.4, 0.5) is 15.8 Å². The van der Waals surface area contributed by atoms with Crippen LogP contribution in [0.1, 0.15) is 19.3 Å². The van der Waals surface area contributed by atoms with Gasteiger partial charge in [0.15, 0.2) is 0 Å². The lowest BCUT2D eigenvalue weighted by Crippen LogP contribution is -2.36. The Hall–Kier alpha value is -2.51. The second kappa shape index (κ2) is 4.80. The number of nitro benzene ring substituents is 1. The number of hydrogen-bond acceptors (Lipinski definition) is 5. The number of nitrogens with one attached hydrogen (secondary N) is 1. The fraction of sp³-hybridized carbons (Fsp3) is 0.385. The van der Waals surface area contributed by atoms with Crippen LogP contribution in [0.15, 0.2) is 18.2 Å². The van der Waals surface area contributed by atoms with Gasteiger partial charge in [0.2, 0.25) is 5.91 Å². The lowest BCUT2D eigenvalue weighted by molar-refractivity contribution is -0.384. The quantitative estimate of drug-likeness (QED) is 0.515. The molecule has 1 aliphatic heterocycles. The van der Waals surface area contributed by atoms with Gasteiger partial charge in [-0.3, -0.25) is 24.6 Å². The number of hydrogen-bond donors (Lipinski definition) is 1. The lowest BCUT2D eigenvalue weighted by atomic mass is 10.2. The molecular weight excluding hydrogens is 281 g/mol. The van der Waals surface area contributed by atoms with E-state index in [0.29, 0.717) is 0 Å². The van der Waals surface area contributed by atoms with Crippen molar-refractivity contribution >= 4 is 23.2 Å². The first kappa shape index (κ1) is 13.5. The molecular formula is C13H12FN3O4. The number of anilines is 1. The molecule has 1 saturated heterocycles. The number of nitro groups is 1. The Labute approximate surface area is 118 Å². The number of non-ortho nitro benzene ring substituents is 1. The first-order valence-electron chi connectivity index (χ1n) is 6.54. The van der Waals surface area contributed by atoms with Crippen molar-refractivity contribution in [2.45, 2.75) is 31.3 Å². The Morgan fingerprint density at radius 1 is 1.33 bits per heavy atom. The van der Waals surface area contributed by atoms with Crippen molar-refractivity contribution in [3.63, 3.8) is 0 Å². The van der Waals surface area contributed by atoms with Crippen molar-refractivity contribution in [2.24, 2.45) is 0 Å². The van der Waals surface area contributed by atoms with Crippen molar-refractivity contribution in [3.05, 3.63) is 34.1 Å². The van der Waals surface area contributed by atoms with Gasteiger partial charge in [0.25, 0.3) is 11.6 Å². The molecule has 1 unspecified atom stereocenters. The molecule has 1 N–H and O–H groups in total. The van der Waals surface area contributed by atoms with Gasteiger partial charge in [-0.05, 0) is 18.9 Å². The van der Waals surface area contributed by atoms with Crippen LogP contribution in [-0.2, 0) is 9.59 Å². The van der Waals surface area contributed by atoms with Gasteiger partial charge in [0.05, 0.1) is 17.0 Å². The topological polar surface area (TPSA) is 92.5 Å². The van der Waals surface area contributed by atoms with Gasteiger partial charge < -0.3 is 5.32 Å². The molecule has 21 heavy (non-hydrogen) atoms. The van der Waals surface area contributed by atoms with Gasteiger partial charge in [-0.2, -0.15) is 0 Å². The monoisotopic (exact) mass is 293 g/mol. The highest BCUT2D eigenvalue weighted by molar-refractivity contribution is 6.07. The Morgan fingerprint density at radius 3 is 2.67 bits per heavy atom. The maximum atomic E-state index is 13.7. The molecule has 3 rings (SSSR count). The van der Waals surface area contributed by atoms with Crippen LogP contribution < -0.4 is 5.32 Å². The standard InChI is InChI=1S/C13H12FN3O4/c14-9-4-3-8(17(20)21)5-10(9)15-11-6-12(18)16(13(11)19)7-1-2-7/h3-5,7,11,15H,1-2,6H2. The van der Waals surface area contributed by atoms with E-state index in [1.54, 1.807) is 0 Å². The number of carbonyl (C=O) groups excluding carboxylic acids is 2. The average Bonchev–Trinajstić information content (AvgIpc) is 3.20. The van der Waals surface area contributed by atoms with E-state index in [4.69, 9.17) is 0 Å². The maximum absolute atomic E-state index is 13.7. The summed E-state index contributed by atoms with van der Waals surface area (Å²) in [6.45, 7) is 0. The van der Waals surface area contributed by atoms with Crippen molar-refractivity contribution in [1.29, 1.82) is 0 Å². The van der Waals surface area contributed by atoms with E-state index in [0.717, 1.165) is 31.0 Å². The summed E-state index contributed by atoms with van der Waals surface area (Å²) in [5.41, 5.74) is -0.428. The highest BCUT2D eigenvalue weighted by Crippen LogP contribution is 2.33. The third kappa shape index (κ3) is 2.44. The van der Waals surface area contributed by atoms with Gasteiger partial charge in [0, 0.05) is 18.2 Å². The summed E-state index contributed by atoms with van der Waals surface area (Å²) in [6, 6.07) is 2.12. The molecule has 1 heterocycles. The predicted molar refractivity (Wildman–Crippen MR) is 70.0 cm³/mol. The maximum Gasteiger partial charge on any atom is 0.271 e. The van der Waals surface area contributed by atoms with E-state index in [1.165, 1.54) is 4.90 Å². The zero-order valence-corrected chi connectivity index (χ0v) is 10.9. The number of amides is 2.